The van der Waals surface area contributed by atoms with Crippen molar-refractivity contribution in [3.8, 4) is 0 Å². The number of furan rings is 1. The largest absolute Gasteiger partial charge is 0.469 e. The number of nitrogens with one attached hydrogen (secondary N) is 2. The summed E-state index contributed by atoms with van der Waals surface area (Å²) < 4.78 is 10.6. The van der Waals surface area contributed by atoms with Crippen LogP contribution in [-0.2, 0) is 20.7 Å². The number of methoxy groups -OCH3 is 1. The lowest BCUT2D eigenvalue weighted by atomic mass is 9.85. The Kier molecular flexibility index (Phi) is 7.45. The number of amides is 2. The standard InChI is InChI=1S/C26H30N4O5/c1-30(2)18-10-8-17(9-11-18)25(32)29-23-19-14-16(15-22(31)34-3)7-12-20(19)35-24(23)26(33)28-21-6-4-5-13-27-21/h4-7,12-14,17-18H,8-11,15H2,1-3H3,(H,29,32)(H,27,28,33). The molecule has 0 bridgehead atoms. The van der Waals surface area contributed by atoms with E-state index in [2.05, 4.69) is 34.6 Å². The molecule has 1 aromatic carbocycles. The van der Waals surface area contributed by atoms with Crippen LogP contribution in [0.25, 0.3) is 11.0 Å². The summed E-state index contributed by atoms with van der Waals surface area (Å²) in [4.78, 5) is 44.5. The van der Waals surface area contributed by atoms with Crippen LogP contribution in [-0.4, -0.2) is 54.9 Å². The number of fused-ring (bicyclic) bond motifs is 1. The summed E-state index contributed by atoms with van der Waals surface area (Å²) in [7, 11) is 5.44. The molecule has 2 heterocycles. The van der Waals surface area contributed by atoms with E-state index in [9.17, 15) is 14.4 Å². The molecule has 0 saturated heterocycles. The number of anilines is 2. The van der Waals surface area contributed by atoms with Gasteiger partial charge in [-0.25, -0.2) is 4.98 Å². The van der Waals surface area contributed by atoms with E-state index in [4.69, 9.17) is 9.15 Å². The van der Waals surface area contributed by atoms with Crippen LogP contribution in [0.2, 0.25) is 0 Å². The predicted octanol–water partition coefficient (Wildman–Crippen LogP) is 3.85. The molecule has 2 N–H and O–H groups in total. The van der Waals surface area contributed by atoms with Crippen molar-refractivity contribution < 1.29 is 23.5 Å². The average Bonchev–Trinajstić information content (AvgIpc) is 3.22. The molecule has 35 heavy (non-hydrogen) atoms. The van der Waals surface area contributed by atoms with Crippen LogP contribution in [0.3, 0.4) is 0 Å². The van der Waals surface area contributed by atoms with Crippen LogP contribution in [0.1, 0.15) is 41.8 Å². The molecular formula is C26H30N4O5. The zero-order valence-corrected chi connectivity index (χ0v) is 20.2. The van der Waals surface area contributed by atoms with Gasteiger partial charge in [-0.3, -0.25) is 14.4 Å². The smallest absolute Gasteiger partial charge is 0.309 e. The number of nitrogens with zero attached hydrogens (tertiary/aromatic N) is 2. The molecule has 0 spiro atoms. The molecule has 1 aliphatic carbocycles. The van der Waals surface area contributed by atoms with Gasteiger partial charge in [-0.15, -0.1) is 0 Å². The highest BCUT2D eigenvalue weighted by molar-refractivity contribution is 6.14. The van der Waals surface area contributed by atoms with Crippen molar-refractivity contribution in [3.05, 3.63) is 53.9 Å². The molecule has 1 saturated carbocycles. The van der Waals surface area contributed by atoms with Crippen LogP contribution in [0.15, 0.2) is 47.0 Å². The minimum absolute atomic E-state index is 0.0174. The summed E-state index contributed by atoms with van der Waals surface area (Å²) in [6.07, 6.45) is 5.05. The molecule has 2 aromatic heterocycles. The van der Waals surface area contributed by atoms with Gasteiger partial charge in [-0.1, -0.05) is 12.1 Å². The van der Waals surface area contributed by atoms with Gasteiger partial charge in [0.15, 0.2) is 0 Å². The Balaban J connectivity index is 1.64. The molecule has 0 radical (unpaired) electrons. The van der Waals surface area contributed by atoms with Gasteiger partial charge in [0.1, 0.15) is 17.1 Å². The number of aromatic nitrogens is 1. The highest BCUT2D eigenvalue weighted by Crippen LogP contribution is 2.34. The summed E-state index contributed by atoms with van der Waals surface area (Å²) in [5.41, 5.74) is 1.40. The molecular weight excluding hydrogens is 448 g/mol. The zero-order chi connectivity index (χ0) is 24.9. The van der Waals surface area contributed by atoms with Crippen LogP contribution >= 0.6 is 0 Å². The van der Waals surface area contributed by atoms with Gasteiger partial charge >= 0.3 is 5.97 Å². The third-order valence-electron chi connectivity index (χ3n) is 6.49. The van der Waals surface area contributed by atoms with Gasteiger partial charge in [0.2, 0.25) is 11.7 Å². The first-order chi connectivity index (χ1) is 16.9. The number of hydrogen-bond donors (Lipinski definition) is 2. The number of ether oxygens (including phenoxy) is 1. The minimum Gasteiger partial charge on any atom is -0.469 e. The first-order valence-corrected chi connectivity index (χ1v) is 11.7. The van der Waals surface area contributed by atoms with Crippen molar-refractivity contribution >= 4 is 40.3 Å². The molecule has 0 aliphatic heterocycles. The van der Waals surface area contributed by atoms with E-state index < -0.39 is 5.91 Å². The monoisotopic (exact) mass is 478 g/mol. The quantitative estimate of drug-likeness (QED) is 0.496. The fourth-order valence-corrected chi connectivity index (χ4v) is 4.47. The Labute approximate surface area is 203 Å². The van der Waals surface area contributed by atoms with Crippen molar-refractivity contribution in [2.75, 3.05) is 31.8 Å². The number of esters is 1. The zero-order valence-electron chi connectivity index (χ0n) is 20.2. The Hall–Kier alpha value is -3.72. The Morgan fingerprint density at radius 2 is 1.86 bits per heavy atom. The van der Waals surface area contributed by atoms with Crippen molar-refractivity contribution in [1.29, 1.82) is 0 Å². The van der Waals surface area contributed by atoms with E-state index in [1.54, 1.807) is 42.6 Å². The van der Waals surface area contributed by atoms with Crippen molar-refractivity contribution in [2.24, 2.45) is 5.92 Å². The summed E-state index contributed by atoms with van der Waals surface area (Å²) in [5.74, 6) is -0.860. The maximum Gasteiger partial charge on any atom is 0.309 e. The van der Waals surface area contributed by atoms with E-state index in [1.807, 2.05) is 0 Å². The maximum atomic E-state index is 13.2. The summed E-state index contributed by atoms with van der Waals surface area (Å²) >= 11 is 0. The topological polar surface area (TPSA) is 114 Å². The van der Waals surface area contributed by atoms with Crippen LogP contribution in [0.4, 0.5) is 11.5 Å². The van der Waals surface area contributed by atoms with E-state index in [0.29, 0.717) is 34.1 Å². The highest BCUT2D eigenvalue weighted by atomic mass is 16.5. The van der Waals surface area contributed by atoms with Crippen molar-refractivity contribution in [2.45, 2.75) is 38.1 Å². The van der Waals surface area contributed by atoms with E-state index in [1.165, 1.54) is 7.11 Å². The summed E-state index contributed by atoms with van der Waals surface area (Å²) in [5, 5.41) is 6.23. The fourth-order valence-electron chi connectivity index (χ4n) is 4.47. The lowest BCUT2D eigenvalue weighted by molar-refractivity contribution is -0.139. The first kappa shape index (κ1) is 24.4. The molecule has 4 rings (SSSR count). The normalized spacial score (nSPS) is 17.8. The van der Waals surface area contributed by atoms with E-state index in [0.717, 1.165) is 25.7 Å². The van der Waals surface area contributed by atoms with Gasteiger partial charge in [-0.2, -0.15) is 0 Å². The number of carbonyl (C=O) groups is 3. The number of benzene rings is 1. The van der Waals surface area contributed by atoms with Crippen LogP contribution < -0.4 is 10.6 Å². The van der Waals surface area contributed by atoms with Gasteiger partial charge in [0.05, 0.1) is 13.5 Å². The Bertz CT molecular complexity index is 1210. The van der Waals surface area contributed by atoms with E-state index >= 15 is 0 Å². The predicted molar refractivity (Wildman–Crippen MR) is 132 cm³/mol. The molecule has 0 unspecified atom stereocenters. The SMILES string of the molecule is COC(=O)Cc1ccc2oc(C(=O)Nc3ccccn3)c(NC(=O)C3CCC(N(C)C)CC3)c2c1. The van der Waals surface area contributed by atoms with Crippen molar-refractivity contribution in [1.82, 2.24) is 9.88 Å². The second kappa shape index (κ2) is 10.7. The molecule has 0 atom stereocenters. The minimum atomic E-state index is -0.527. The fraction of sp³-hybridized carbons (Fsp3) is 0.385. The van der Waals surface area contributed by atoms with E-state index in [-0.39, 0.29) is 30.0 Å². The lowest BCUT2D eigenvalue weighted by Crippen LogP contribution is -2.35. The van der Waals surface area contributed by atoms with Gasteiger partial charge in [-0.05, 0) is 69.6 Å². The number of pyridine rings is 1. The van der Waals surface area contributed by atoms with Gasteiger partial charge < -0.3 is 24.7 Å². The maximum absolute atomic E-state index is 13.2. The molecule has 2 amide bonds. The highest BCUT2D eigenvalue weighted by Gasteiger charge is 2.30. The molecule has 1 aliphatic rings. The lowest BCUT2D eigenvalue weighted by Gasteiger charge is -2.31. The number of carbonyl (C=O) groups excluding carboxylic acids is 3. The van der Waals surface area contributed by atoms with Crippen LogP contribution in [0, 0.1) is 5.92 Å². The Morgan fingerprint density at radius 3 is 2.51 bits per heavy atom. The second-order valence-corrected chi connectivity index (χ2v) is 9.02. The molecule has 184 valence electrons. The molecule has 1 fully saturated rings. The molecule has 3 aromatic rings. The van der Waals surface area contributed by atoms with Crippen molar-refractivity contribution in [3.63, 3.8) is 0 Å². The first-order valence-electron chi connectivity index (χ1n) is 11.7. The molecule has 9 nitrogen and oxygen atoms in total. The van der Waals surface area contributed by atoms with Crippen LogP contribution in [0.5, 0.6) is 0 Å². The third kappa shape index (κ3) is 5.68. The summed E-state index contributed by atoms with van der Waals surface area (Å²) in [6, 6.07) is 10.8. The second-order valence-electron chi connectivity index (χ2n) is 9.02. The van der Waals surface area contributed by atoms with Gasteiger partial charge in [0, 0.05) is 23.5 Å². The average molecular weight is 479 g/mol. The molecule has 9 heteroatoms. The number of rotatable bonds is 7. The Morgan fingerprint density at radius 1 is 1.09 bits per heavy atom. The van der Waals surface area contributed by atoms with Gasteiger partial charge in [0.25, 0.3) is 5.91 Å². The summed E-state index contributed by atoms with van der Waals surface area (Å²) in [6.45, 7) is 0. The third-order valence-corrected chi connectivity index (χ3v) is 6.49. The number of hydrogen-bond acceptors (Lipinski definition) is 7.